The van der Waals surface area contributed by atoms with Gasteiger partial charge in [0, 0.05) is 11.8 Å². The number of hydrogen-bond acceptors (Lipinski definition) is 5. The lowest BCUT2D eigenvalue weighted by atomic mass is 10.4. The number of carbonyl (C=O) groups excluding carboxylic acids is 1. The molecule has 0 aliphatic carbocycles. The molecule has 0 N–H and O–H groups in total. The van der Waals surface area contributed by atoms with Gasteiger partial charge in [-0.3, -0.25) is 0 Å². The lowest BCUT2D eigenvalue weighted by Crippen LogP contribution is -2.14. The summed E-state index contributed by atoms with van der Waals surface area (Å²) in [5.74, 6) is -0.0981. The van der Waals surface area contributed by atoms with Crippen LogP contribution < -0.4 is 4.74 Å². The smallest absolute Gasteiger partial charge is 0.434 e. The third-order valence-electron chi connectivity index (χ3n) is 1.53. The van der Waals surface area contributed by atoms with Crippen molar-refractivity contribution in [2.24, 2.45) is 0 Å². The molecule has 0 radical (unpaired) electrons. The van der Waals surface area contributed by atoms with Crippen molar-refractivity contribution in [2.75, 3.05) is 6.61 Å². The molecule has 1 aromatic rings. The number of carbonyl (C=O) groups is 1. The van der Waals surface area contributed by atoms with Crippen molar-refractivity contribution in [3.63, 3.8) is 0 Å². The highest BCUT2D eigenvalue weighted by molar-refractivity contribution is 6.66. The largest absolute Gasteiger partial charge is 0.515 e. The highest BCUT2D eigenvalue weighted by atomic mass is 35.6. The van der Waals surface area contributed by atoms with Gasteiger partial charge in [-0.15, -0.1) is 0 Å². The van der Waals surface area contributed by atoms with Crippen LogP contribution in [0.3, 0.4) is 0 Å². The highest BCUT2D eigenvalue weighted by Gasteiger charge is 2.28. The summed E-state index contributed by atoms with van der Waals surface area (Å²) in [6.45, 7) is 3.50. The van der Waals surface area contributed by atoms with Crippen LogP contribution in [0.1, 0.15) is 18.4 Å². The first-order valence-electron chi connectivity index (χ1n) is 4.60. The number of nitrogens with zero attached hydrogens (tertiary/aromatic N) is 2. The molecular weight excluding hydrogens is 290 g/mol. The van der Waals surface area contributed by atoms with Gasteiger partial charge in [-0.2, -0.15) is 4.98 Å². The Balaban J connectivity index is 2.94. The second-order valence-corrected chi connectivity index (χ2v) is 5.24. The zero-order valence-electron chi connectivity index (χ0n) is 9.04. The van der Waals surface area contributed by atoms with Crippen molar-refractivity contribution < 1.29 is 14.3 Å². The summed E-state index contributed by atoms with van der Waals surface area (Å²) in [5.41, 5.74) is 0.501. The monoisotopic (exact) mass is 298 g/mol. The average Bonchev–Trinajstić information content (AvgIpc) is 2.15. The van der Waals surface area contributed by atoms with Crippen LogP contribution in [0.2, 0.25) is 0 Å². The Morgan fingerprint density at radius 2 is 2.06 bits per heavy atom. The van der Waals surface area contributed by atoms with E-state index in [4.69, 9.17) is 39.5 Å². The second-order valence-electron chi connectivity index (χ2n) is 2.95. The molecule has 8 heteroatoms. The van der Waals surface area contributed by atoms with Crippen molar-refractivity contribution in [1.29, 1.82) is 0 Å². The molecule has 1 heterocycles. The van der Waals surface area contributed by atoms with Crippen LogP contribution in [-0.4, -0.2) is 22.7 Å². The fourth-order valence-corrected chi connectivity index (χ4v) is 1.20. The zero-order chi connectivity index (χ0) is 13.1. The van der Waals surface area contributed by atoms with Gasteiger partial charge in [0.15, 0.2) is 5.82 Å². The molecule has 5 nitrogen and oxygen atoms in total. The summed E-state index contributed by atoms with van der Waals surface area (Å²) < 4.78 is 7.59. The molecule has 0 bridgehead atoms. The predicted octanol–water partition coefficient (Wildman–Crippen LogP) is 3.15. The van der Waals surface area contributed by atoms with Gasteiger partial charge < -0.3 is 9.47 Å². The predicted molar refractivity (Wildman–Crippen MR) is 63.7 cm³/mol. The Kier molecular flexibility index (Phi) is 4.80. The van der Waals surface area contributed by atoms with Crippen LogP contribution in [0.4, 0.5) is 4.79 Å². The van der Waals surface area contributed by atoms with Gasteiger partial charge in [0.25, 0.3) is 0 Å². The van der Waals surface area contributed by atoms with Crippen molar-refractivity contribution in [3.05, 3.63) is 17.6 Å². The molecule has 0 aliphatic rings. The highest BCUT2D eigenvalue weighted by Crippen LogP contribution is 2.36. The van der Waals surface area contributed by atoms with E-state index in [1.165, 1.54) is 6.07 Å². The molecule has 0 amide bonds. The van der Waals surface area contributed by atoms with Crippen LogP contribution in [0.25, 0.3) is 0 Å². The zero-order valence-corrected chi connectivity index (χ0v) is 11.3. The molecule has 94 valence electrons. The van der Waals surface area contributed by atoms with Gasteiger partial charge in [-0.05, 0) is 13.8 Å². The Bertz CT molecular complexity index is 420. The van der Waals surface area contributed by atoms with E-state index in [1.807, 2.05) is 0 Å². The van der Waals surface area contributed by atoms with Gasteiger partial charge in [-0.1, -0.05) is 34.8 Å². The fourth-order valence-electron chi connectivity index (χ4n) is 0.951. The molecule has 0 spiro atoms. The number of alkyl halides is 3. The van der Waals surface area contributed by atoms with Crippen molar-refractivity contribution in [3.8, 4) is 5.88 Å². The second kappa shape index (κ2) is 5.71. The normalized spacial score (nSPS) is 11.1. The minimum absolute atomic E-state index is 0.0303. The van der Waals surface area contributed by atoms with E-state index in [-0.39, 0.29) is 18.3 Å². The summed E-state index contributed by atoms with van der Waals surface area (Å²) in [6, 6.07) is 1.43. The average molecular weight is 300 g/mol. The third kappa shape index (κ3) is 4.53. The molecule has 0 unspecified atom stereocenters. The molecule has 1 rings (SSSR count). The first-order chi connectivity index (χ1) is 7.82. The maximum absolute atomic E-state index is 11.1. The van der Waals surface area contributed by atoms with Crippen LogP contribution in [-0.2, 0) is 8.53 Å². The summed E-state index contributed by atoms with van der Waals surface area (Å²) >= 11 is 16.9. The summed E-state index contributed by atoms with van der Waals surface area (Å²) in [7, 11) is 0. The molecule has 0 fully saturated rings. The van der Waals surface area contributed by atoms with Gasteiger partial charge in [0.05, 0.1) is 6.61 Å². The lowest BCUT2D eigenvalue weighted by Gasteiger charge is -2.11. The first kappa shape index (κ1) is 14.3. The van der Waals surface area contributed by atoms with Crippen LogP contribution in [0.15, 0.2) is 6.07 Å². The minimum atomic E-state index is -1.78. The third-order valence-corrected chi connectivity index (χ3v) is 2.04. The maximum Gasteiger partial charge on any atom is 0.515 e. The Hall–Kier alpha value is -0.780. The van der Waals surface area contributed by atoms with Crippen LogP contribution in [0, 0.1) is 6.92 Å². The molecule has 1 aromatic heterocycles. The molecule has 0 atom stereocenters. The standard InChI is InChI=1S/C9H9Cl3N2O3/c1-3-16-8(15)17-6-4-5(2)13-7(14-6)9(10,11)12/h4H,3H2,1-2H3. The molecule has 17 heavy (non-hydrogen) atoms. The number of halogens is 3. The molecular formula is C9H9Cl3N2O3. The molecule has 0 saturated carbocycles. The van der Waals surface area contributed by atoms with E-state index < -0.39 is 9.95 Å². The lowest BCUT2D eigenvalue weighted by molar-refractivity contribution is 0.102. The van der Waals surface area contributed by atoms with Gasteiger partial charge >= 0.3 is 6.16 Å². The van der Waals surface area contributed by atoms with Crippen molar-refractivity contribution in [1.82, 2.24) is 9.97 Å². The molecule has 0 aliphatic heterocycles. The van der Waals surface area contributed by atoms with Crippen LogP contribution in [0.5, 0.6) is 5.88 Å². The van der Waals surface area contributed by atoms with Crippen molar-refractivity contribution >= 4 is 41.0 Å². The van der Waals surface area contributed by atoms with Gasteiger partial charge in [0.1, 0.15) is 0 Å². The Morgan fingerprint density at radius 3 is 2.59 bits per heavy atom. The summed E-state index contributed by atoms with van der Waals surface area (Å²) in [4.78, 5) is 18.8. The summed E-state index contributed by atoms with van der Waals surface area (Å²) in [5, 5.41) is 0. The minimum Gasteiger partial charge on any atom is -0.434 e. The van der Waals surface area contributed by atoms with Crippen LogP contribution >= 0.6 is 34.8 Å². The Morgan fingerprint density at radius 1 is 1.41 bits per heavy atom. The van der Waals surface area contributed by atoms with E-state index in [9.17, 15) is 4.79 Å². The van der Waals surface area contributed by atoms with E-state index in [2.05, 4.69) is 14.7 Å². The SMILES string of the molecule is CCOC(=O)Oc1cc(C)nc(C(Cl)(Cl)Cl)n1. The molecule has 0 aromatic carbocycles. The quantitative estimate of drug-likeness (QED) is 0.620. The van der Waals surface area contributed by atoms with E-state index in [0.717, 1.165) is 0 Å². The number of ether oxygens (including phenoxy) is 2. The number of aryl methyl sites for hydroxylation is 1. The summed E-state index contributed by atoms with van der Waals surface area (Å²) in [6.07, 6.45) is -0.874. The van der Waals surface area contributed by atoms with E-state index in [1.54, 1.807) is 13.8 Å². The maximum atomic E-state index is 11.1. The van der Waals surface area contributed by atoms with E-state index in [0.29, 0.717) is 5.69 Å². The topological polar surface area (TPSA) is 61.3 Å². The fraction of sp³-hybridized carbons (Fsp3) is 0.444. The number of hydrogen-bond donors (Lipinski definition) is 0. The van der Waals surface area contributed by atoms with Gasteiger partial charge in [-0.25, -0.2) is 9.78 Å². The number of aromatic nitrogens is 2. The van der Waals surface area contributed by atoms with Gasteiger partial charge in [0.2, 0.25) is 9.67 Å². The van der Waals surface area contributed by atoms with E-state index >= 15 is 0 Å². The number of rotatable bonds is 2. The van der Waals surface area contributed by atoms with Crippen molar-refractivity contribution in [2.45, 2.75) is 17.6 Å². The first-order valence-corrected chi connectivity index (χ1v) is 5.73. The molecule has 0 saturated heterocycles. The Labute approximate surface area is 113 Å².